The van der Waals surface area contributed by atoms with Gasteiger partial charge in [-0.3, -0.25) is 0 Å². The van der Waals surface area contributed by atoms with Crippen LogP contribution >= 0.6 is 11.6 Å². The van der Waals surface area contributed by atoms with Gasteiger partial charge in [-0.2, -0.15) is 5.75 Å². The summed E-state index contributed by atoms with van der Waals surface area (Å²) in [5, 5.41) is 0. The van der Waals surface area contributed by atoms with E-state index in [1.807, 2.05) is 0 Å². The Kier molecular flexibility index (Phi) is 20.8. The predicted octanol–water partition coefficient (Wildman–Crippen LogP) is 0.290. The van der Waals surface area contributed by atoms with Gasteiger partial charge in [-0.15, -0.1) is 0 Å². The number of hydrogen-bond donors (Lipinski definition) is 0. The van der Waals surface area contributed by atoms with Gasteiger partial charge in [-0.05, 0) is 0 Å². The summed E-state index contributed by atoms with van der Waals surface area (Å²) in [7, 11) is 0. The van der Waals surface area contributed by atoms with Crippen LogP contribution in [-0.2, 0) is 25.9 Å². The SMILES string of the molecule is O=[C-]Cl.[W]. The molecule has 0 bridgehead atoms. The molecule has 0 aliphatic rings. The van der Waals surface area contributed by atoms with E-state index in [-0.39, 0.29) is 21.1 Å². The van der Waals surface area contributed by atoms with Gasteiger partial charge in [0, 0.05) is 21.1 Å². The van der Waals surface area contributed by atoms with Crippen molar-refractivity contribution in [1.29, 1.82) is 0 Å². The molecule has 0 fully saturated rings. The van der Waals surface area contributed by atoms with Gasteiger partial charge in [0.2, 0.25) is 0 Å². The van der Waals surface area contributed by atoms with Gasteiger partial charge < -0.3 is 16.4 Å². The molecule has 0 radical (unpaired) electrons. The molecule has 0 saturated carbocycles. The van der Waals surface area contributed by atoms with Gasteiger partial charge >= 0.3 is 0 Å². The minimum Gasteiger partial charge on any atom is -0.525 e. The zero-order valence-electron chi connectivity index (χ0n) is 1.69. The molecular weight excluding hydrogens is 247 g/mol. The molecular formula is CClOW-. The van der Waals surface area contributed by atoms with Crippen LogP contribution < -0.4 is 0 Å². The molecule has 1 nitrogen and oxygen atoms in total. The van der Waals surface area contributed by atoms with Crippen molar-refractivity contribution in [3.8, 4) is 0 Å². The summed E-state index contributed by atoms with van der Waals surface area (Å²) in [6.45, 7) is 0. The van der Waals surface area contributed by atoms with E-state index >= 15 is 0 Å². The van der Waals surface area contributed by atoms with Crippen LogP contribution in [0.4, 0.5) is 0 Å². The third-order valence-electron chi connectivity index (χ3n) is 0. The Morgan fingerprint density at radius 2 is 1.75 bits per heavy atom. The Labute approximate surface area is 43.6 Å². The van der Waals surface area contributed by atoms with Crippen molar-refractivity contribution in [1.82, 2.24) is 0 Å². The molecule has 4 heavy (non-hydrogen) atoms. The summed E-state index contributed by atoms with van der Waals surface area (Å²) >= 11 is 4.19. The van der Waals surface area contributed by atoms with Gasteiger partial charge in [-0.25, -0.2) is 0 Å². The van der Waals surface area contributed by atoms with E-state index in [2.05, 4.69) is 11.6 Å². The first-order valence-corrected chi connectivity index (χ1v) is 0.771. The number of hydrogen-bond acceptors (Lipinski definition) is 1. The van der Waals surface area contributed by atoms with Crippen molar-refractivity contribution < 1.29 is 25.9 Å². The van der Waals surface area contributed by atoms with Crippen molar-refractivity contribution >= 4 is 17.3 Å². The molecule has 0 aliphatic carbocycles. The minimum absolute atomic E-state index is 0. The first kappa shape index (κ1) is 8.82. The van der Waals surface area contributed by atoms with E-state index in [0.717, 1.165) is 5.75 Å². The van der Waals surface area contributed by atoms with Gasteiger partial charge in [0.1, 0.15) is 0 Å². The van der Waals surface area contributed by atoms with Crippen molar-refractivity contribution in [2.75, 3.05) is 0 Å². The smallest absolute Gasteiger partial charge is 0 e. The first-order chi connectivity index (χ1) is 1.41. The fourth-order valence-electron chi connectivity index (χ4n) is 0. The number of carbonyl (C=O) groups excluding carboxylic acids is 1. The molecule has 0 saturated heterocycles. The molecule has 0 aliphatic heterocycles. The molecule has 0 spiro atoms. The van der Waals surface area contributed by atoms with Crippen LogP contribution in [0.3, 0.4) is 0 Å². The van der Waals surface area contributed by atoms with Crippen molar-refractivity contribution in [3.63, 3.8) is 0 Å². The van der Waals surface area contributed by atoms with Crippen molar-refractivity contribution in [2.45, 2.75) is 0 Å². The Bertz CT molecular complexity index is 15.5. The Balaban J connectivity index is 0. The maximum Gasteiger partial charge on any atom is 0 e. The summed E-state index contributed by atoms with van der Waals surface area (Å²) in [4.78, 5) is 8.45. The molecule has 0 aromatic heterocycles. The Morgan fingerprint density at radius 3 is 1.75 bits per heavy atom. The van der Waals surface area contributed by atoms with Crippen molar-refractivity contribution in [3.05, 3.63) is 0 Å². The summed E-state index contributed by atoms with van der Waals surface area (Å²) in [5.41, 5.74) is 0. The summed E-state index contributed by atoms with van der Waals surface area (Å²) in [6.07, 6.45) is 0. The molecule has 0 unspecified atom stereocenters. The van der Waals surface area contributed by atoms with Gasteiger partial charge in [-0.1, -0.05) is 0 Å². The van der Waals surface area contributed by atoms with Gasteiger partial charge in [0.25, 0.3) is 0 Å². The van der Waals surface area contributed by atoms with Crippen LogP contribution in [-0.4, -0.2) is 5.75 Å². The Hall–Kier alpha value is 0.648. The van der Waals surface area contributed by atoms with Crippen LogP contribution in [0.1, 0.15) is 0 Å². The second-order valence-electron chi connectivity index (χ2n) is 0.0772. The zero-order valence-corrected chi connectivity index (χ0v) is 5.38. The molecule has 0 atom stereocenters. The van der Waals surface area contributed by atoms with E-state index in [9.17, 15) is 0 Å². The average molecular weight is 247 g/mol. The van der Waals surface area contributed by atoms with Crippen LogP contribution in [0.25, 0.3) is 0 Å². The topological polar surface area (TPSA) is 17.1 Å². The Morgan fingerprint density at radius 1 is 1.75 bits per heavy atom. The third-order valence-corrected chi connectivity index (χ3v) is 0. The second-order valence-corrected chi connectivity index (χ2v) is 0.231. The van der Waals surface area contributed by atoms with Crippen LogP contribution in [0.5, 0.6) is 0 Å². The third kappa shape index (κ3) is 17.1. The molecule has 0 aromatic carbocycles. The van der Waals surface area contributed by atoms with Crippen LogP contribution in [0.2, 0.25) is 0 Å². The first-order valence-electron chi connectivity index (χ1n) is 0.393. The standard InChI is InChI=1S/CClO.W/c2-1-3;/q-1;. The largest absolute Gasteiger partial charge is 0.525 e. The van der Waals surface area contributed by atoms with E-state index in [4.69, 9.17) is 4.79 Å². The molecule has 0 aromatic rings. The summed E-state index contributed by atoms with van der Waals surface area (Å²) < 4.78 is 0. The molecule has 0 heterocycles. The van der Waals surface area contributed by atoms with E-state index < -0.39 is 0 Å². The molecule has 3 heteroatoms. The number of halogens is 1. The monoisotopic (exact) mass is 247 g/mol. The molecule has 0 N–H and O–H groups in total. The molecule has 0 amide bonds. The second kappa shape index (κ2) is 9.42. The number of rotatable bonds is 0. The minimum atomic E-state index is 0. The fraction of sp³-hybridized carbons (Fsp3) is 0. The van der Waals surface area contributed by atoms with E-state index in [1.54, 1.807) is 0 Å². The normalized spacial score (nSPS) is 3.25. The molecule has 0 rings (SSSR count). The fourth-order valence-corrected chi connectivity index (χ4v) is 0. The van der Waals surface area contributed by atoms with Crippen molar-refractivity contribution in [2.24, 2.45) is 0 Å². The molecule has 24 valence electrons. The van der Waals surface area contributed by atoms with E-state index in [1.165, 1.54) is 0 Å². The summed E-state index contributed by atoms with van der Waals surface area (Å²) in [6, 6.07) is 0. The van der Waals surface area contributed by atoms with Crippen LogP contribution in [0, 0.1) is 0 Å². The quantitative estimate of drug-likeness (QED) is 0.444. The maximum atomic E-state index is 8.45. The van der Waals surface area contributed by atoms with E-state index in [0.29, 0.717) is 0 Å². The van der Waals surface area contributed by atoms with Crippen LogP contribution in [0.15, 0.2) is 0 Å². The predicted molar refractivity (Wildman–Crippen MR) is 11.5 cm³/mol. The maximum absolute atomic E-state index is 8.45. The summed E-state index contributed by atoms with van der Waals surface area (Å²) in [5.74, 6) is 0.972. The average Bonchev–Trinajstić information content (AvgIpc) is 0.918. The van der Waals surface area contributed by atoms with Gasteiger partial charge in [0.05, 0.1) is 0 Å². The zero-order chi connectivity index (χ0) is 2.71. The van der Waals surface area contributed by atoms with Gasteiger partial charge in [0.15, 0.2) is 0 Å².